The van der Waals surface area contributed by atoms with E-state index in [4.69, 9.17) is 14.5 Å². The fraction of sp³-hybridized carbons (Fsp3) is 0.667. The number of rotatable bonds is 7. The van der Waals surface area contributed by atoms with E-state index < -0.39 is 0 Å². The van der Waals surface area contributed by atoms with Gasteiger partial charge in [0, 0.05) is 24.8 Å². The zero-order valence-electron chi connectivity index (χ0n) is 17.0. The molecule has 2 unspecified atom stereocenters. The van der Waals surface area contributed by atoms with Crippen molar-refractivity contribution in [1.29, 1.82) is 0 Å². The van der Waals surface area contributed by atoms with Gasteiger partial charge in [0.25, 0.3) is 0 Å². The molecule has 1 heterocycles. The van der Waals surface area contributed by atoms with Crippen LogP contribution in [0.2, 0.25) is 0 Å². The average molecular weight is 503 g/mol. The van der Waals surface area contributed by atoms with Gasteiger partial charge >= 0.3 is 0 Å². The number of fused-ring (bicyclic) bond motifs is 1. The Kier molecular flexibility index (Phi) is 9.81. The van der Waals surface area contributed by atoms with Crippen molar-refractivity contribution in [2.45, 2.75) is 64.6 Å². The Labute approximate surface area is 185 Å². The maximum atomic E-state index is 10.4. The van der Waals surface area contributed by atoms with E-state index in [0.29, 0.717) is 25.5 Å². The van der Waals surface area contributed by atoms with Gasteiger partial charge in [-0.3, -0.25) is 0 Å². The number of nitrogens with zero attached hydrogens (tertiary/aromatic N) is 1. The van der Waals surface area contributed by atoms with Gasteiger partial charge < -0.3 is 25.2 Å². The predicted molar refractivity (Wildman–Crippen MR) is 123 cm³/mol. The van der Waals surface area contributed by atoms with Crippen molar-refractivity contribution in [3.8, 4) is 5.75 Å². The number of phenols is 1. The van der Waals surface area contributed by atoms with Crippen LogP contribution in [0.3, 0.4) is 0 Å². The van der Waals surface area contributed by atoms with Crippen LogP contribution in [0.25, 0.3) is 0 Å². The van der Waals surface area contributed by atoms with Gasteiger partial charge in [-0.05, 0) is 63.1 Å². The molecule has 0 saturated carbocycles. The highest BCUT2D eigenvalue weighted by molar-refractivity contribution is 14.0. The minimum Gasteiger partial charge on any atom is -0.508 e. The molecule has 2 aliphatic rings. The summed E-state index contributed by atoms with van der Waals surface area (Å²) >= 11 is 0. The van der Waals surface area contributed by atoms with Crippen LogP contribution in [0.4, 0.5) is 0 Å². The Morgan fingerprint density at radius 1 is 1.36 bits per heavy atom. The summed E-state index contributed by atoms with van der Waals surface area (Å²) in [5, 5.41) is 17.0. The zero-order chi connectivity index (χ0) is 19.1. The van der Waals surface area contributed by atoms with Gasteiger partial charge in [-0.25, -0.2) is 4.99 Å². The van der Waals surface area contributed by atoms with Crippen molar-refractivity contribution in [2.24, 2.45) is 4.99 Å². The fourth-order valence-electron chi connectivity index (χ4n) is 3.75. The predicted octanol–water partition coefficient (Wildman–Crippen LogP) is 3.14. The highest BCUT2D eigenvalue weighted by Gasteiger charge is 2.18. The number of ether oxygens (including phenoxy) is 2. The molecule has 28 heavy (non-hydrogen) atoms. The number of hydrogen-bond acceptors (Lipinski definition) is 4. The van der Waals surface area contributed by atoms with Crippen molar-refractivity contribution < 1.29 is 14.6 Å². The molecule has 0 amide bonds. The maximum Gasteiger partial charge on any atom is 0.191 e. The number of hydrogen-bond donors (Lipinski definition) is 3. The summed E-state index contributed by atoms with van der Waals surface area (Å²) in [6.07, 6.45) is 5.73. The van der Waals surface area contributed by atoms with Crippen molar-refractivity contribution in [3.05, 3.63) is 28.8 Å². The average Bonchev–Trinajstić information content (AvgIpc) is 3.19. The first-order valence-corrected chi connectivity index (χ1v) is 10.2. The van der Waals surface area contributed by atoms with Crippen LogP contribution in [-0.2, 0) is 28.9 Å². The second-order valence-corrected chi connectivity index (χ2v) is 7.47. The fourth-order valence-corrected chi connectivity index (χ4v) is 3.75. The Bertz CT molecular complexity index is 648. The number of aliphatic imine (C=N–C) groups is 1. The van der Waals surface area contributed by atoms with E-state index in [2.05, 4.69) is 30.5 Å². The van der Waals surface area contributed by atoms with Gasteiger partial charge in [0.2, 0.25) is 0 Å². The molecule has 0 aromatic heterocycles. The van der Waals surface area contributed by atoms with Gasteiger partial charge in [-0.1, -0.05) is 6.07 Å². The molecule has 2 atom stereocenters. The highest BCUT2D eigenvalue weighted by Crippen LogP contribution is 2.31. The molecule has 3 rings (SSSR count). The molecule has 1 aliphatic carbocycles. The van der Waals surface area contributed by atoms with Gasteiger partial charge in [0.05, 0.1) is 25.9 Å². The molecule has 0 spiro atoms. The van der Waals surface area contributed by atoms with Crippen LogP contribution < -0.4 is 10.6 Å². The molecule has 6 nitrogen and oxygen atoms in total. The molecule has 1 fully saturated rings. The number of nitrogens with one attached hydrogen (secondary N) is 2. The third-order valence-corrected chi connectivity index (χ3v) is 5.22. The van der Waals surface area contributed by atoms with E-state index >= 15 is 0 Å². The lowest BCUT2D eigenvalue weighted by molar-refractivity contribution is 0.0347. The number of aromatic hydroxyl groups is 1. The summed E-state index contributed by atoms with van der Waals surface area (Å²) in [7, 11) is 0. The van der Waals surface area contributed by atoms with Crippen molar-refractivity contribution in [2.75, 3.05) is 26.4 Å². The molecule has 1 aliphatic heterocycles. The standard InChI is InChI=1S/C21H33N3O3.HI/c1-3-22-21(24-15(2)13-27-17-10-11-26-14-17)23-12-19-18-7-5-4-6-16(18)8-9-20(19)25;/h8-9,15,17,25H,3-7,10-14H2,1-2H3,(H2,22,23,24);1H. The topological polar surface area (TPSA) is 75.1 Å². The number of guanidine groups is 1. The molecular weight excluding hydrogens is 469 g/mol. The first kappa shape index (κ1) is 23.2. The molecular formula is C21H34IN3O3. The van der Waals surface area contributed by atoms with Crippen LogP contribution in [0, 0.1) is 0 Å². The van der Waals surface area contributed by atoms with E-state index in [1.807, 2.05) is 6.07 Å². The van der Waals surface area contributed by atoms with E-state index in [9.17, 15) is 5.11 Å². The molecule has 1 aromatic rings. The van der Waals surface area contributed by atoms with Gasteiger partial charge in [-0.2, -0.15) is 0 Å². The highest BCUT2D eigenvalue weighted by atomic mass is 127. The smallest absolute Gasteiger partial charge is 0.191 e. The Morgan fingerprint density at radius 3 is 2.93 bits per heavy atom. The summed E-state index contributed by atoms with van der Waals surface area (Å²) in [5.41, 5.74) is 3.62. The van der Waals surface area contributed by atoms with E-state index in [0.717, 1.165) is 43.9 Å². The first-order chi connectivity index (χ1) is 13.2. The lowest BCUT2D eigenvalue weighted by Crippen LogP contribution is -2.44. The SMILES string of the molecule is CCNC(=NCc1c(O)ccc2c1CCCC2)NC(C)COC1CCOC1.I. The summed E-state index contributed by atoms with van der Waals surface area (Å²) in [6.45, 7) is 7.51. The minimum absolute atomic E-state index is 0. The Morgan fingerprint density at radius 2 is 2.18 bits per heavy atom. The van der Waals surface area contributed by atoms with Gasteiger partial charge in [-0.15, -0.1) is 24.0 Å². The number of halogens is 1. The van der Waals surface area contributed by atoms with Crippen LogP contribution in [0.15, 0.2) is 17.1 Å². The zero-order valence-corrected chi connectivity index (χ0v) is 19.3. The normalized spacial score (nSPS) is 20.2. The van der Waals surface area contributed by atoms with Crippen LogP contribution in [0.5, 0.6) is 5.75 Å². The van der Waals surface area contributed by atoms with Crippen molar-refractivity contribution in [3.63, 3.8) is 0 Å². The van der Waals surface area contributed by atoms with Crippen molar-refractivity contribution in [1.82, 2.24) is 10.6 Å². The third kappa shape index (κ3) is 6.49. The monoisotopic (exact) mass is 503 g/mol. The van der Waals surface area contributed by atoms with Gasteiger partial charge in [0.15, 0.2) is 5.96 Å². The lowest BCUT2D eigenvalue weighted by atomic mass is 9.88. The Hall–Kier alpha value is -1.06. The molecule has 0 radical (unpaired) electrons. The lowest BCUT2D eigenvalue weighted by Gasteiger charge is -2.21. The maximum absolute atomic E-state index is 10.4. The number of phenolic OH excluding ortho intramolecular Hbond substituents is 1. The molecule has 0 bridgehead atoms. The quantitative estimate of drug-likeness (QED) is 0.303. The third-order valence-electron chi connectivity index (χ3n) is 5.22. The molecule has 1 aromatic carbocycles. The summed E-state index contributed by atoms with van der Waals surface area (Å²) in [4.78, 5) is 4.73. The number of benzene rings is 1. The summed E-state index contributed by atoms with van der Waals surface area (Å²) < 4.78 is 11.2. The second kappa shape index (κ2) is 11.8. The summed E-state index contributed by atoms with van der Waals surface area (Å²) in [5.74, 6) is 1.11. The van der Waals surface area contributed by atoms with E-state index in [1.54, 1.807) is 0 Å². The largest absolute Gasteiger partial charge is 0.508 e. The second-order valence-electron chi connectivity index (χ2n) is 7.47. The minimum atomic E-state index is 0. The van der Waals surface area contributed by atoms with Crippen LogP contribution >= 0.6 is 24.0 Å². The number of aryl methyl sites for hydroxylation is 1. The molecule has 1 saturated heterocycles. The molecule has 3 N–H and O–H groups in total. The summed E-state index contributed by atoms with van der Waals surface area (Å²) in [6, 6.07) is 4.02. The van der Waals surface area contributed by atoms with E-state index in [-0.39, 0.29) is 36.1 Å². The van der Waals surface area contributed by atoms with E-state index in [1.165, 1.54) is 24.0 Å². The molecule has 7 heteroatoms. The first-order valence-electron chi connectivity index (χ1n) is 10.2. The van der Waals surface area contributed by atoms with Gasteiger partial charge in [0.1, 0.15) is 5.75 Å². The van der Waals surface area contributed by atoms with Crippen LogP contribution in [0.1, 0.15) is 49.8 Å². The molecule has 158 valence electrons. The van der Waals surface area contributed by atoms with Crippen molar-refractivity contribution >= 4 is 29.9 Å². The Balaban J connectivity index is 0.00000280. The van der Waals surface area contributed by atoms with Crippen LogP contribution in [-0.4, -0.2) is 49.6 Å².